The summed E-state index contributed by atoms with van der Waals surface area (Å²) >= 11 is 0. The Kier molecular flexibility index (Phi) is 2.57. The second-order valence-corrected chi connectivity index (χ2v) is 5.48. The standard InChI is InChI=1S/C14H20O/c1-10(2)11-4-6-14(3)7-5-13(15)9-12(14)8-11/h9,11H,1,4-8H2,2-3H3/t11?,14-/m1/s1. The molecule has 1 fully saturated rings. The quantitative estimate of drug-likeness (QED) is 0.596. The van der Waals surface area contributed by atoms with Crippen molar-refractivity contribution in [2.75, 3.05) is 0 Å². The predicted octanol–water partition coefficient (Wildman–Crippen LogP) is 3.66. The SMILES string of the molecule is C=C(C)C1CC[C@]2(C)CCC(=O)C=C2C1. The minimum Gasteiger partial charge on any atom is -0.295 e. The fraction of sp³-hybridized carbons (Fsp3) is 0.643. The molecule has 2 rings (SSSR count). The maximum absolute atomic E-state index is 11.4. The highest BCUT2D eigenvalue weighted by Crippen LogP contribution is 2.49. The van der Waals surface area contributed by atoms with Gasteiger partial charge in [-0.3, -0.25) is 4.79 Å². The van der Waals surface area contributed by atoms with Crippen molar-refractivity contribution in [3.05, 3.63) is 23.8 Å². The summed E-state index contributed by atoms with van der Waals surface area (Å²) in [5, 5.41) is 0. The normalized spacial score (nSPS) is 35.7. The molecular weight excluding hydrogens is 184 g/mol. The zero-order chi connectivity index (χ0) is 11.1. The summed E-state index contributed by atoms with van der Waals surface area (Å²) in [5.74, 6) is 0.931. The average molecular weight is 204 g/mol. The predicted molar refractivity (Wildman–Crippen MR) is 62.6 cm³/mol. The zero-order valence-electron chi connectivity index (χ0n) is 9.81. The molecule has 0 aliphatic heterocycles. The lowest BCUT2D eigenvalue weighted by Crippen LogP contribution is -2.31. The van der Waals surface area contributed by atoms with E-state index >= 15 is 0 Å². The van der Waals surface area contributed by atoms with Gasteiger partial charge in [0.1, 0.15) is 0 Å². The van der Waals surface area contributed by atoms with Crippen LogP contribution in [0.4, 0.5) is 0 Å². The van der Waals surface area contributed by atoms with E-state index in [-0.39, 0.29) is 0 Å². The largest absolute Gasteiger partial charge is 0.295 e. The second kappa shape index (κ2) is 3.62. The monoisotopic (exact) mass is 204 g/mol. The Hall–Kier alpha value is -0.850. The van der Waals surface area contributed by atoms with Gasteiger partial charge in [-0.25, -0.2) is 0 Å². The molecule has 0 aromatic rings. The zero-order valence-corrected chi connectivity index (χ0v) is 9.81. The number of ketones is 1. The Morgan fingerprint density at radius 2 is 2.27 bits per heavy atom. The molecule has 2 atom stereocenters. The summed E-state index contributed by atoms with van der Waals surface area (Å²) in [6, 6.07) is 0. The Bertz CT molecular complexity index is 337. The first kappa shape index (κ1) is 10.7. The van der Waals surface area contributed by atoms with Crippen LogP contribution in [0, 0.1) is 11.3 Å². The molecule has 1 unspecified atom stereocenters. The molecule has 0 radical (unpaired) electrons. The van der Waals surface area contributed by atoms with Crippen LogP contribution in [0.5, 0.6) is 0 Å². The molecule has 1 nitrogen and oxygen atoms in total. The lowest BCUT2D eigenvalue weighted by molar-refractivity contribution is -0.115. The van der Waals surface area contributed by atoms with Crippen LogP contribution in [-0.2, 0) is 4.79 Å². The Morgan fingerprint density at radius 3 is 2.93 bits per heavy atom. The second-order valence-electron chi connectivity index (χ2n) is 5.48. The first-order valence-corrected chi connectivity index (χ1v) is 5.90. The van der Waals surface area contributed by atoms with E-state index in [2.05, 4.69) is 20.4 Å². The van der Waals surface area contributed by atoms with Crippen LogP contribution in [-0.4, -0.2) is 5.78 Å². The minimum atomic E-state index is 0.319. The molecule has 0 saturated heterocycles. The van der Waals surface area contributed by atoms with Gasteiger partial charge >= 0.3 is 0 Å². The molecule has 0 N–H and O–H groups in total. The molecular formula is C14H20O. The molecule has 0 aromatic carbocycles. The Morgan fingerprint density at radius 1 is 1.53 bits per heavy atom. The van der Waals surface area contributed by atoms with Gasteiger partial charge in [0.2, 0.25) is 0 Å². The number of allylic oxidation sites excluding steroid dienone is 3. The highest BCUT2D eigenvalue weighted by Gasteiger charge is 2.38. The van der Waals surface area contributed by atoms with Crippen LogP contribution in [0.2, 0.25) is 0 Å². The Labute approximate surface area is 92.3 Å². The third-order valence-electron chi connectivity index (χ3n) is 4.24. The van der Waals surface area contributed by atoms with Crippen LogP contribution in [0.25, 0.3) is 0 Å². The summed E-state index contributed by atoms with van der Waals surface area (Å²) in [6.07, 6.45) is 7.26. The van der Waals surface area contributed by atoms with Gasteiger partial charge < -0.3 is 0 Å². The average Bonchev–Trinajstić information content (AvgIpc) is 2.18. The summed E-state index contributed by atoms with van der Waals surface area (Å²) in [7, 11) is 0. The van der Waals surface area contributed by atoms with Gasteiger partial charge in [0.05, 0.1) is 0 Å². The smallest absolute Gasteiger partial charge is 0.155 e. The van der Waals surface area contributed by atoms with Crippen LogP contribution in [0.1, 0.15) is 46.0 Å². The topological polar surface area (TPSA) is 17.1 Å². The van der Waals surface area contributed by atoms with E-state index in [1.54, 1.807) is 0 Å². The van der Waals surface area contributed by atoms with E-state index in [1.165, 1.54) is 24.0 Å². The molecule has 82 valence electrons. The minimum absolute atomic E-state index is 0.319. The molecule has 15 heavy (non-hydrogen) atoms. The van der Waals surface area contributed by atoms with Crippen LogP contribution >= 0.6 is 0 Å². The third kappa shape index (κ3) is 1.92. The molecule has 0 spiro atoms. The van der Waals surface area contributed by atoms with E-state index in [9.17, 15) is 4.79 Å². The van der Waals surface area contributed by atoms with Crippen molar-refractivity contribution in [3.8, 4) is 0 Å². The number of fused-ring (bicyclic) bond motifs is 1. The van der Waals surface area contributed by atoms with Crippen molar-refractivity contribution in [1.82, 2.24) is 0 Å². The van der Waals surface area contributed by atoms with Gasteiger partial charge in [-0.1, -0.05) is 24.6 Å². The molecule has 1 heteroatoms. The van der Waals surface area contributed by atoms with Crippen LogP contribution in [0.3, 0.4) is 0 Å². The van der Waals surface area contributed by atoms with Crippen molar-refractivity contribution >= 4 is 5.78 Å². The van der Waals surface area contributed by atoms with Gasteiger partial charge in [0.25, 0.3) is 0 Å². The van der Waals surface area contributed by atoms with E-state index in [1.807, 2.05) is 6.08 Å². The summed E-state index contributed by atoms with van der Waals surface area (Å²) in [4.78, 5) is 11.4. The lowest BCUT2D eigenvalue weighted by atomic mass is 9.62. The maximum atomic E-state index is 11.4. The highest BCUT2D eigenvalue weighted by molar-refractivity contribution is 5.91. The fourth-order valence-corrected chi connectivity index (χ4v) is 2.87. The molecule has 1 saturated carbocycles. The van der Waals surface area contributed by atoms with Gasteiger partial charge in [0.15, 0.2) is 5.78 Å². The maximum Gasteiger partial charge on any atom is 0.155 e. The fourth-order valence-electron chi connectivity index (χ4n) is 2.87. The van der Waals surface area contributed by atoms with Gasteiger partial charge in [0, 0.05) is 6.42 Å². The van der Waals surface area contributed by atoms with E-state index in [4.69, 9.17) is 0 Å². The number of hydrogen-bond donors (Lipinski definition) is 0. The first-order chi connectivity index (χ1) is 7.01. The van der Waals surface area contributed by atoms with Gasteiger partial charge in [-0.15, -0.1) is 0 Å². The lowest BCUT2D eigenvalue weighted by Gasteiger charge is -2.42. The van der Waals surface area contributed by atoms with Crippen molar-refractivity contribution in [2.45, 2.75) is 46.0 Å². The first-order valence-electron chi connectivity index (χ1n) is 5.90. The molecule has 0 bridgehead atoms. The van der Waals surface area contributed by atoms with Gasteiger partial charge in [-0.2, -0.15) is 0 Å². The van der Waals surface area contributed by atoms with Crippen molar-refractivity contribution in [3.63, 3.8) is 0 Å². The molecule has 0 amide bonds. The van der Waals surface area contributed by atoms with E-state index in [0.29, 0.717) is 17.1 Å². The highest BCUT2D eigenvalue weighted by atomic mass is 16.1. The van der Waals surface area contributed by atoms with E-state index in [0.717, 1.165) is 19.3 Å². The van der Waals surface area contributed by atoms with Crippen molar-refractivity contribution in [2.24, 2.45) is 11.3 Å². The molecule has 0 aromatic heterocycles. The summed E-state index contributed by atoms with van der Waals surface area (Å²) < 4.78 is 0. The van der Waals surface area contributed by atoms with Gasteiger partial charge in [-0.05, 0) is 50.0 Å². The van der Waals surface area contributed by atoms with Crippen molar-refractivity contribution in [1.29, 1.82) is 0 Å². The molecule has 0 heterocycles. The summed E-state index contributed by atoms with van der Waals surface area (Å²) in [6.45, 7) is 8.48. The molecule has 2 aliphatic carbocycles. The van der Waals surface area contributed by atoms with Crippen LogP contribution < -0.4 is 0 Å². The summed E-state index contributed by atoms with van der Waals surface area (Å²) in [5.41, 5.74) is 2.98. The van der Waals surface area contributed by atoms with Crippen LogP contribution in [0.15, 0.2) is 23.8 Å². The number of hydrogen-bond acceptors (Lipinski definition) is 1. The third-order valence-corrected chi connectivity index (χ3v) is 4.24. The van der Waals surface area contributed by atoms with Crippen molar-refractivity contribution < 1.29 is 4.79 Å². The number of carbonyl (C=O) groups is 1. The number of rotatable bonds is 1. The van der Waals surface area contributed by atoms with E-state index < -0.39 is 0 Å². The Balaban J connectivity index is 2.23. The number of carbonyl (C=O) groups excluding carboxylic acids is 1. The molecule has 2 aliphatic rings.